The first-order valence-corrected chi connectivity index (χ1v) is 6.84. The Bertz CT molecular complexity index is 468. The summed E-state index contributed by atoms with van der Waals surface area (Å²) in [6.07, 6.45) is 6.30. The van der Waals surface area contributed by atoms with Crippen LogP contribution in [0.4, 0.5) is 17.1 Å². The molecular weight excluding hydrogens is 242 g/mol. The van der Waals surface area contributed by atoms with Gasteiger partial charge in [0.2, 0.25) is 0 Å². The molecule has 0 saturated heterocycles. The summed E-state index contributed by atoms with van der Waals surface area (Å²) < 4.78 is 0. The van der Waals surface area contributed by atoms with E-state index in [2.05, 4.69) is 12.2 Å². The Labute approximate surface area is 113 Å². The Balaban J connectivity index is 2.03. The lowest BCUT2D eigenvalue weighted by atomic mass is 9.83. The summed E-state index contributed by atoms with van der Waals surface area (Å²) in [5.41, 5.74) is 7.12. The van der Waals surface area contributed by atoms with Gasteiger partial charge in [-0.15, -0.1) is 0 Å². The van der Waals surface area contributed by atoms with Gasteiger partial charge in [-0.2, -0.15) is 0 Å². The zero-order valence-corrected chi connectivity index (χ0v) is 11.3. The first kappa shape index (κ1) is 13.6. The second-order valence-corrected chi connectivity index (χ2v) is 5.44. The fraction of sp³-hybridized carbons (Fsp3) is 0.571. The maximum atomic E-state index is 10.7. The molecule has 1 fully saturated rings. The summed E-state index contributed by atoms with van der Waals surface area (Å²) in [5, 5.41) is 14.1. The molecule has 1 aromatic rings. The molecule has 0 radical (unpaired) electrons. The third kappa shape index (κ3) is 2.97. The van der Waals surface area contributed by atoms with Gasteiger partial charge in [-0.05, 0) is 36.8 Å². The maximum absolute atomic E-state index is 10.7. The Kier molecular flexibility index (Phi) is 3.93. The van der Waals surface area contributed by atoms with E-state index in [4.69, 9.17) is 5.73 Å². The number of benzene rings is 1. The van der Waals surface area contributed by atoms with Crippen LogP contribution in [-0.4, -0.2) is 11.5 Å². The lowest BCUT2D eigenvalue weighted by molar-refractivity contribution is -0.383. The largest absolute Gasteiger partial charge is 0.393 e. The van der Waals surface area contributed by atoms with Crippen molar-refractivity contribution < 1.29 is 4.92 Å². The Morgan fingerprint density at radius 1 is 1.42 bits per heavy atom. The quantitative estimate of drug-likeness (QED) is 0.483. The number of nitrogens with one attached hydrogen (secondary N) is 1. The van der Waals surface area contributed by atoms with Crippen LogP contribution < -0.4 is 11.1 Å². The maximum Gasteiger partial charge on any atom is 0.292 e. The SMILES string of the molecule is CCC1(CNc2ccc([N+](=O)[O-])c(N)c2)CCCC1. The molecular formula is C14H21N3O2. The van der Waals surface area contributed by atoms with Crippen molar-refractivity contribution in [1.82, 2.24) is 0 Å². The molecule has 1 aliphatic rings. The Morgan fingerprint density at radius 2 is 2.11 bits per heavy atom. The van der Waals surface area contributed by atoms with E-state index >= 15 is 0 Å². The van der Waals surface area contributed by atoms with Crippen molar-refractivity contribution in [1.29, 1.82) is 0 Å². The molecule has 0 heterocycles. The highest BCUT2D eigenvalue weighted by Crippen LogP contribution is 2.41. The molecule has 3 N–H and O–H groups in total. The smallest absolute Gasteiger partial charge is 0.292 e. The van der Waals surface area contributed by atoms with Gasteiger partial charge >= 0.3 is 0 Å². The highest BCUT2D eigenvalue weighted by Gasteiger charge is 2.31. The molecule has 19 heavy (non-hydrogen) atoms. The van der Waals surface area contributed by atoms with Crippen LogP contribution in [0, 0.1) is 15.5 Å². The standard InChI is InChI=1S/C14H21N3O2/c1-2-14(7-3-4-8-14)10-16-11-5-6-13(17(18)19)12(15)9-11/h5-6,9,16H,2-4,7-8,10,15H2,1H3. The van der Waals surface area contributed by atoms with Gasteiger partial charge in [0.25, 0.3) is 5.69 Å². The van der Waals surface area contributed by atoms with Gasteiger partial charge in [0.15, 0.2) is 0 Å². The number of anilines is 2. The van der Waals surface area contributed by atoms with E-state index in [1.807, 2.05) is 0 Å². The van der Waals surface area contributed by atoms with E-state index < -0.39 is 4.92 Å². The molecule has 1 aliphatic carbocycles. The normalized spacial score (nSPS) is 17.3. The van der Waals surface area contributed by atoms with E-state index in [0.29, 0.717) is 5.41 Å². The number of hydrogen-bond donors (Lipinski definition) is 2. The summed E-state index contributed by atoms with van der Waals surface area (Å²) >= 11 is 0. The number of nitrogens with two attached hydrogens (primary N) is 1. The third-order valence-electron chi connectivity index (χ3n) is 4.31. The van der Waals surface area contributed by atoms with E-state index in [1.54, 1.807) is 12.1 Å². The molecule has 5 heteroatoms. The highest BCUT2D eigenvalue weighted by molar-refractivity contribution is 5.65. The van der Waals surface area contributed by atoms with Crippen molar-refractivity contribution in [2.75, 3.05) is 17.6 Å². The minimum Gasteiger partial charge on any atom is -0.393 e. The summed E-state index contributed by atoms with van der Waals surface area (Å²) in [6, 6.07) is 4.84. The van der Waals surface area contributed by atoms with Crippen LogP contribution in [0.25, 0.3) is 0 Å². The zero-order valence-electron chi connectivity index (χ0n) is 11.3. The molecule has 1 aromatic carbocycles. The molecule has 0 aliphatic heterocycles. The van der Waals surface area contributed by atoms with E-state index in [-0.39, 0.29) is 11.4 Å². The monoisotopic (exact) mass is 263 g/mol. The zero-order chi connectivity index (χ0) is 13.9. The number of nitrogen functional groups attached to an aromatic ring is 1. The summed E-state index contributed by atoms with van der Waals surface area (Å²) in [6.45, 7) is 3.15. The molecule has 2 rings (SSSR count). The molecule has 0 atom stereocenters. The van der Waals surface area contributed by atoms with Crippen molar-refractivity contribution in [3.8, 4) is 0 Å². The van der Waals surface area contributed by atoms with Crippen LogP contribution in [-0.2, 0) is 0 Å². The number of nitrogens with zero attached hydrogens (tertiary/aromatic N) is 1. The summed E-state index contributed by atoms with van der Waals surface area (Å²) in [4.78, 5) is 10.2. The first-order valence-electron chi connectivity index (χ1n) is 6.84. The van der Waals surface area contributed by atoms with Crippen molar-refractivity contribution in [2.24, 2.45) is 5.41 Å². The summed E-state index contributed by atoms with van der Waals surface area (Å²) in [5.74, 6) is 0. The third-order valence-corrected chi connectivity index (χ3v) is 4.31. The topological polar surface area (TPSA) is 81.2 Å². The lowest BCUT2D eigenvalue weighted by Gasteiger charge is -2.28. The van der Waals surface area contributed by atoms with Gasteiger partial charge in [0.1, 0.15) is 5.69 Å². The average Bonchev–Trinajstić information content (AvgIpc) is 2.85. The van der Waals surface area contributed by atoms with Gasteiger partial charge in [-0.1, -0.05) is 19.8 Å². The highest BCUT2D eigenvalue weighted by atomic mass is 16.6. The number of nitro benzene ring substituents is 1. The Morgan fingerprint density at radius 3 is 2.63 bits per heavy atom. The van der Waals surface area contributed by atoms with Crippen LogP contribution in [0.2, 0.25) is 0 Å². The molecule has 0 unspecified atom stereocenters. The lowest BCUT2D eigenvalue weighted by Crippen LogP contribution is -2.25. The van der Waals surface area contributed by atoms with Gasteiger partial charge in [0.05, 0.1) is 4.92 Å². The predicted octanol–water partition coefficient (Wildman–Crippen LogP) is 3.56. The fourth-order valence-electron chi connectivity index (χ4n) is 2.90. The van der Waals surface area contributed by atoms with Gasteiger partial charge in [0, 0.05) is 18.3 Å². The minimum atomic E-state index is -0.455. The second-order valence-electron chi connectivity index (χ2n) is 5.44. The Hall–Kier alpha value is -1.78. The van der Waals surface area contributed by atoms with E-state index in [1.165, 1.54) is 38.2 Å². The van der Waals surface area contributed by atoms with Gasteiger partial charge in [-0.3, -0.25) is 10.1 Å². The fourth-order valence-corrected chi connectivity index (χ4v) is 2.90. The first-order chi connectivity index (χ1) is 9.06. The molecule has 5 nitrogen and oxygen atoms in total. The number of hydrogen-bond acceptors (Lipinski definition) is 4. The molecule has 0 bridgehead atoms. The molecule has 1 saturated carbocycles. The van der Waals surface area contributed by atoms with Crippen LogP contribution in [0.5, 0.6) is 0 Å². The van der Waals surface area contributed by atoms with Crippen LogP contribution in [0.15, 0.2) is 18.2 Å². The van der Waals surface area contributed by atoms with Gasteiger partial charge < -0.3 is 11.1 Å². The van der Waals surface area contributed by atoms with Gasteiger partial charge in [-0.25, -0.2) is 0 Å². The molecule has 0 amide bonds. The minimum absolute atomic E-state index is 0.0309. The number of rotatable bonds is 5. The number of nitro groups is 1. The van der Waals surface area contributed by atoms with Crippen LogP contribution >= 0.6 is 0 Å². The average molecular weight is 263 g/mol. The van der Waals surface area contributed by atoms with Crippen molar-refractivity contribution >= 4 is 17.1 Å². The second kappa shape index (κ2) is 5.47. The predicted molar refractivity (Wildman–Crippen MR) is 77.2 cm³/mol. The molecule has 0 spiro atoms. The van der Waals surface area contributed by atoms with Crippen molar-refractivity contribution in [2.45, 2.75) is 39.0 Å². The molecule has 0 aromatic heterocycles. The van der Waals surface area contributed by atoms with E-state index in [0.717, 1.165) is 12.2 Å². The van der Waals surface area contributed by atoms with Crippen molar-refractivity contribution in [3.63, 3.8) is 0 Å². The van der Waals surface area contributed by atoms with Crippen LogP contribution in [0.1, 0.15) is 39.0 Å². The van der Waals surface area contributed by atoms with E-state index in [9.17, 15) is 10.1 Å². The molecule has 104 valence electrons. The van der Waals surface area contributed by atoms with Crippen LogP contribution in [0.3, 0.4) is 0 Å². The summed E-state index contributed by atoms with van der Waals surface area (Å²) in [7, 11) is 0. The van der Waals surface area contributed by atoms with Crippen molar-refractivity contribution in [3.05, 3.63) is 28.3 Å².